The second kappa shape index (κ2) is 5.57. The third-order valence-electron chi connectivity index (χ3n) is 1.91. The number of alkyl halides is 1. The largest absolute Gasteiger partial charge is 0.0829 e. The van der Waals surface area contributed by atoms with Crippen molar-refractivity contribution in [2.24, 2.45) is 0 Å². The minimum atomic E-state index is 0.811. The van der Waals surface area contributed by atoms with Crippen molar-refractivity contribution in [1.29, 1.82) is 0 Å². The lowest BCUT2D eigenvalue weighted by molar-refractivity contribution is 0.744. The van der Waals surface area contributed by atoms with Gasteiger partial charge in [-0.3, -0.25) is 0 Å². The molecule has 0 amide bonds. The van der Waals surface area contributed by atoms with E-state index in [0.717, 1.165) is 3.92 Å². The van der Waals surface area contributed by atoms with E-state index in [1.165, 1.54) is 24.8 Å². The highest BCUT2D eigenvalue weighted by Gasteiger charge is 1.95. The fraction of sp³-hybridized carbons (Fsp3) is 0.455. The van der Waals surface area contributed by atoms with Crippen molar-refractivity contribution in [2.45, 2.75) is 30.1 Å². The van der Waals surface area contributed by atoms with Gasteiger partial charge in [-0.15, -0.1) is 0 Å². The molecule has 0 heterocycles. The number of benzene rings is 1. The molecule has 0 aliphatic heterocycles. The van der Waals surface area contributed by atoms with Crippen LogP contribution in [0.1, 0.15) is 25.3 Å². The van der Waals surface area contributed by atoms with Crippen LogP contribution >= 0.6 is 22.6 Å². The minimum Gasteiger partial charge on any atom is -0.0829 e. The number of hydrogen-bond acceptors (Lipinski definition) is 0. The molecule has 0 bridgehead atoms. The molecule has 1 atom stereocenters. The maximum Gasteiger partial charge on any atom is 0.00814 e. The lowest BCUT2D eigenvalue weighted by atomic mass is 10.1. The van der Waals surface area contributed by atoms with Crippen LogP contribution in [0.5, 0.6) is 0 Å². The second-order valence-electron chi connectivity index (χ2n) is 3.16. The molecule has 12 heavy (non-hydrogen) atoms. The fourth-order valence-corrected chi connectivity index (χ4v) is 1.67. The summed E-state index contributed by atoms with van der Waals surface area (Å²) in [6.45, 7) is 2.27. The van der Waals surface area contributed by atoms with Crippen LogP contribution in [0.4, 0.5) is 0 Å². The molecule has 1 rings (SSSR count). The zero-order valence-electron chi connectivity index (χ0n) is 7.46. The van der Waals surface area contributed by atoms with E-state index in [1.54, 1.807) is 0 Å². The van der Waals surface area contributed by atoms with Crippen LogP contribution in [0.15, 0.2) is 30.3 Å². The van der Waals surface area contributed by atoms with Gasteiger partial charge in [0.15, 0.2) is 0 Å². The SMILES string of the molecule is C[C@H](I)CCCc1ccccc1. The predicted molar refractivity (Wildman–Crippen MR) is 62.9 cm³/mol. The van der Waals surface area contributed by atoms with E-state index in [1.807, 2.05) is 0 Å². The summed E-state index contributed by atoms with van der Waals surface area (Å²) in [5, 5.41) is 0. The summed E-state index contributed by atoms with van der Waals surface area (Å²) >= 11 is 2.49. The van der Waals surface area contributed by atoms with E-state index in [0.29, 0.717) is 0 Å². The van der Waals surface area contributed by atoms with Gasteiger partial charge in [0.1, 0.15) is 0 Å². The third-order valence-corrected chi connectivity index (χ3v) is 2.53. The van der Waals surface area contributed by atoms with Crippen molar-refractivity contribution in [3.63, 3.8) is 0 Å². The molecule has 0 spiro atoms. The molecule has 0 N–H and O–H groups in total. The number of hydrogen-bond donors (Lipinski definition) is 0. The third kappa shape index (κ3) is 4.10. The Hall–Kier alpha value is -0.0500. The van der Waals surface area contributed by atoms with Crippen molar-refractivity contribution < 1.29 is 0 Å². The average Bonchev–Trinajstić information content (AvgIpc) is 2.05. The van der Waals surface area contributed by atoms with Crippen LogP contribution in [-0.4, -0.2) is 3.92 Å². The van der Waals surface area contributed by atoms with Gasteiger partial charge in [-0.1, -0.05) is 59.8 Å². The first kappa shape index (κ1) is 10.0. The zero-order chi connectivity index (χ0) is 8.81. The molecule has 66 valence electrons. The van der Waals surface area contributed by atoms with E-state index < -0.39 is 0 Å². The monoisotopic (exact) mass is 274 g/mol. The molecule has 0 saturated heterocycles. The number of aryl methyl sites for hydroxylation is 1. The van der Waals surface area contributed by atoms with E-state index in [-0.39, 0.29) is 0 Å². The summed E-state index contributed by atoms with van der Waals surface area (Å²) in [5.74, 6) is 0. The molecule has 0 fully saturated rings. The maximum absolute atomic E-state index is 2.49. The van der Waals surface area contributed by atoms with Gasteiger partial charge in [0.25, 0.3) is 0 Å². The number of halogens is 1. The summed E-state index contributed by atoms with van der Waals surface area (Å²) < 4.78 is 0.811. The standard InChI is InChI=1S/C11H15I/c1-10(12)6-5-9-11-7-3-2-4-8-11/h2-4,7-8,10H,5-6,9H2,1H3/t10-/m0/s1. The van der Waals surface area contributed by atoms with E-state index in [2.05, 4.69) is 59.8 Å². The van der Waals surface area contributed by atoms with Gasteiger partial charge >= 0.3 is 0 Å². The molecule has 1 aromatic rings. The van der Waals surface area contributed by atoms with Crippen molar-refractivity contribution in [3.8, 4) is 0 Å². The molecule has 0 saturated carbocycles. The molecule has 0 unspecified atom stereocenters. The molecular weight excluding hydrogens is 259 g/mol. The molecule has 0 aromatic heterocycles. The second-order valence-corrected chi connectivity index (χ2v) is 5.29. The van der Waals surface area contributed by atoms with Gasteiger partial charge in [-0.2, -0.15) is 0 Å². The molecule has 1 heteroatoms. The Labute approximate surface area is 88.5 Å². The van der Waals surface area contributed by atoms with Crippen molar-refractivity contribution in [3.05, 3.63) is 35.9 Å². The van der Waals surface area contributed by atoms with Gasteiger partial charge in [0.2, 0.25) is 0 Å². The molecular formula is C11H15I. The lowest BCUT2D eigenvalue weighted by Gasteiger charge is -2.02. The Morgan fingerprint density at radius 3 is 2.50 bits per heavy atom. The molecule has 0 aliphatic rings. The number of rotatable bonds is 4. The van der Waals surface area contributed by atoms with E-state index in [4.69, 9.17) is 0 Å². The van der Waals surface area contributed by atoms with Gasteiger partial charge < -0.3 is 0 Å². The van der Waals surface area contributed by atoms with Crippen LogP contribution < -0.4 is 0 Å². The Balaban J connectivity index is 2.25. The molecule has 0 nitrogen and oxygen atoms in total. The van der Waals surface area contributed by atoms with Crippen molar-refractivity contribution in [2.75, 3.05) is 0 Å². The highest BCUT2D eigenvalue weighted by molar-refractivity contribution is 14.1. The average molecular weight is 274 g/mol. The first-order chi connectivity index (χ1) is 5.79. The van der Waals surface area contributed by atoms with Crippen LogP contribution in [0.3, 0.4) is 0 Å². The zero-order valence-corrected chi connectivity index (χ0v) is 9.62. The van der Waals surface area contributed by atoms with E-state index >= 15 is 0 Å². The van der Waals surface area contributed by atoms with Gasteiger partial charge in [-0.25, -0.2) is 0 Å². The normalized spacial score (nSPS) is 12.8. The molecule has 0 radical (unpaired) electrons. The van der Waals surface area contributed by atoms with Crippen LogP contribution in [0.2, 0.25) is 0 Å². The van der Waals surface area contributed by atoms with Crippen molar-refractivity contribution in [1.82, 2.24) is 0 Å². The van der Waals surface area contributed by atoms with Gasteiger partial charge in [0, 0.05) is 3.92 Å². The quantitative estimate of drug-likeness (QED) is 0.578. The summed E-state index contributed by atoms with van der Waals surface area (Å²) in [4.78, 5) is 0. The summed E-state index contributed by atoms with van der Waals surface area (Å²) in [6, 6.07) is 10.7. The maximum atomic E-state index is 2.49. The molecule has 1 aromatic carbocycles. The van der Waals surface area contributed by atoms with Gasteiger partial charge in [-0.05, 0) is 24.8 Å². The van der Waals surface area contributed by atoms with Crippen LogP contribution in [-0.2, 0) is 6.42 Å². The smallest absolute Gasteiger partial charge is 0.00814 e. The minimum absolute atomic E-state index is 0.811. The van der Waals surface area contributed by atoms with Gasteiger partial charge in [0.05, 0.1) is 0 Å². The van der Waals surface area contributed by atoms with Crippen LogP contribution in [0.25, 0.3) is 0 Å². The first-order valence-electron chi connectivity index (χ1n) is 4.47. The Bertz CT molecular complexity index is 204. The van der Waals surface area contributed by atoms with Crippen molar-refractivity contribution >= 4 is 22.6 Å². The Morgan fingerprint density at radius 2 is 1.92 bits per heavy atom. The topological polar surface area (TPSA) is 0 Å². The lowest BCUT2D eigenvalue weighted by Crippen LogP contribution is -1.91. The highest BCUT2D eigenvalue weighted by atomic mass is 127. The Morgan fingerprint density at radius 1 is 1.25 bits per heavy atom. The first-order valence-corrected chi connectivity index (χ1v) is 5.71. The van der Waals surface area contributed by atoms with Crippen LogP contribution in [0, 0.1) is 0 Å². The summed E-state index contributed by atoms with van der Waals surface area (Å²) in [5.41, 5.74) is 1.47. The van der Waals surface area contributed by atoms with E-state index in [9.17, 15) is 0 Å². The predicted octanol–water partition coefficient (Wildman–Crippen LogP) is 3.83. The summed E-state index contributed by atoms with van der Waals surface area (Å²) in [6.07, 6.45) is 3.87. The Kier molecular flexibility index (Phi) is 4.66. The summed E-state index contributed by atoms with van der Waals surface area (Å²) in [7, 11) is 0. The fourth-order valence-electron chi connectivity index (χ4n) is 1.23. The molecule has 0 aliphatic carbocycles. The highest BCUT2D eigenvalue weighted by Crippen LogP contribution is 2.10.